The van der Waals surface area contributed by atoms with Crippen LogP contribution < -0.4 is 11.1 Å². The van der Waals surface area contributed by atoms with Crippen molar-refractivity contribution in [2.75, 3.05) is 25.4 Å². The number of likely N-dealkylation sites (tertiary alicyclic amines) is 1. The second-order valence-electron chi connectivity index (χ2n) is 4.81. The first-order chi connectivity index (χ1) is 9.22. The number of nitrogens with zero attached hydrogens (tertiary/aromatic N) is 3. The molecule has 1 fully saturated rings. The minimum Gasteiger partial charge on any atom is -0.382 e. The molecule has 1 saturated heterocycles. The molecule has 1 atom stereocenters. The highest BCUT2D eigenvalue weighted by Gasteiger charge is 2.21. The number of amides is 1. The number of carbonyl (C=O) groups excluding carboxylic acids is 1. The number of nitrogens with two attached hydrogens (primary N) is 1. The Bertz CT molecular complexity index is 431. The van der Waals surface area contributed by atoms with Gasteiger partial charge in [-0.2, -0.15) is 0 Å². The number of anilines is 1. The van der Waals surface area contributed by atoms with Crippen LogP contribution in [-0.2, 0) is 0 Å². The molecular formula is C13H21N5O. The number of aromatic nitrogens is 2. The fraction of sp³-hybridized carbons (Fsp3) is 0.615. The summed E-state index contributed by atoms with van der Waals surface area (Å²) in [4.78, 5) is 22.3. The molecule has 0 saturated carbocycles. The standard InChI is InChI=1S/C13H21N5O/c1-2-10(18-7-3-4-8-18)9-17-13(19)11-12(14)16-6-5-15-11/h5-6,10H,2-4,7-9H2,1H3,(H2,14,16)(H,17,19). The summed E-state index contributed by atoms with van der Waals surface area (Å²) in [5.74, 6) is -0.0718. The van der Waals surface area contributed by atoms with E-state index in [0.29, 0.717) is 12.6 Å². The molecule has 0 aromatic carbocycles. The summed E-state index contributed by atoms with van der Waals surface area (Å²) in [5.41, 5.74) is 5.84. The van der Waals surface area contributed by atoms with E-state index in [2.05, 4.69) is 27.1 Å². The van der Waals surface area contributed by atoms with Crippen molar-refractivity contribution in [3.05, 3.63) is 18.1 Å². The Morgan fingerprint density at radius 1 is 1.42 bits per heavy atom. The smallest absolute Gasteiger partial charge is 0.273 e. The minimum absolute atomic E-state index is 0.175. The van der Waals surface area contributed by atoms with Crippen LogP contribution >= 0.6 is 0 Å². The van der Waals surface area contributed by atoms with E-state index in [1.807, 2.05) is 0 Å². The van der Waals surface area contributed by atoms with Crippen molar-refractivity contribution in [3.8, 4) is 0 Å². The maximum absolute atomic E-state index is 12.0. The highest BCUT2D eigenvalue weighted by Crippen LogP contribution is 2.13. The number of nitrogen functional groups attached to an aromatic ring is 1. The average Bonchev–Trinajstić information content (AvgIpc) is 2.94. The van der Waals surface area contributed by atoms with Gasteiger partial charge in [0.05, 0.1) is 0 Å². The number of hydrogen-bond acceptors (Lipinski definition) is 5. The second-order valence-corrected chi connectivity index (χ2v) is 4.81. The Kier molecular flexibility index (Phi) is 4.68. The molecule has 2 heterocycles. The Labute approximate surface area is 113 Å². The fourth-order valence-corrected chi connectivity index (χ4v) is 2.46. The maximum Gasteiger partial charge on any atom is 0.273 e. The topological polar surface area (TPSA) is 84.1 Å². The van der Waals surface area contributed by atoms with Crippen LogP contribution in [0, 0.1) is 0 Å². The molecule has 104 valence electrons. The van der Waals surface area contributed by atoms with Gasteiger partial charge in [-0.05, 0) is 32.4 Å². The average molecular weight is 263 g/mol. The van der Waals surface area contributed by atoms with E-state index >= 15 is 0 Å². The van der Waals surface area contributed by atoms with Gasteiger partial charge in [-0.25, -0.2) is 9.97 Å². The molecule has 2 rings (SSSR count). The molecule has 1 unspecified atom stereocenters. The van der Waals surface area contributed by atoms with Crippen LogP contribution in [0.25, 0.3) is 0 Å². The summed E-state index contributed by atoms with van der Waals surface area (Å²) in [6.45, 7) is 5.03. The van der Waals surface area contributed by atoms with Gasteiger partial charge in [0.1, 0.15) is 0 Å². The van der Waals surface area contributed by atoms with Crippen molar-refractivity contribution in [2.24, 2.45) is 0 Å². The summed E-state index contributed by atoms with van der Waals surface area (Å²) in [6, 6.07) is 0.393. The summed E-state index contributed by atoms with van der Waals surface area (Å²) < 4.78 is 0. The molecule has 1 aliphatic heterocycles. The van der Waals surface area contributed by atoms with Crippen molar-refractivity contribution in [2.45, 2.75) is 32.2 Å². The second kappa shape index (κ2) is 6.47. The van der Waals surface area contributed by atoms with Crippen LogP contribution in [0.5, 0.6) is 0 Å². The van der Waals surface area contributed by atoms with Crippen molar-refractivity contribution in [1.82, 2.24) is 20.2 Å². The third kappa shape index (κ3) is 3.41. The first-order valence-corrected chi connectivity index (χ1v) is 6.81. The quantitative estimate of drug-likeness (QED) is 0.815. The summed E-state index contributed by atoms with van der Waals surface area (Å²) in [7, 11) is 0. The van der Waals surface area contributed by atoms with Crippen LogP contribution in [0.4, 0.5) is 5.82 Å². The van der Waals surface area contributed by atoms with Crippen molar-refractivity contribution >= 4 is 11.7 Å². The normalized spacial score (nSPS) is 17.3. The lowest BCUT2D eigenvalue weighted by Crippen LogP contribution is -2.42. The van der Waals surface area contributed by atoms with Gasteiger partial charge < -0.3 is 11.1 Å². The van der Waals surface area contributed by atoms with Crippen molar-refractivity contribution < 1.29 is 4.79 Å². The van der Waals surface area contributed by atoms with E-state index in [0.717, 1.165) is 19.5 Å². The predicted octanol–water partition coefficient (Wildman–Crippen LogP) is 0.663. The van der Waals surface area contributed by atoms with E-state index in [-0.39, 0.29) is 17.4 Å². The Morgan fingerprint density at radius 3 is 2.74 bits per heavy atom. The summed E-state index contributed by atoms with van der Waals surface area (Å²) in [5, 5.41) is 2.90. The highest BCUT2D eigenvalue weighted by molar-refractivity contribution is 5.96. The molecule has 6 heteroatoms. The molecule has 1 aliphatic rings. The van der Waals surface area contributed by atoms with Crippen LogP contribution in [-0.4, -0.2) is 46.5 Å². The lowest BCUT2D eigenvalue weighted by Gasteiger charge is -2.26. The zero-order valence-corrected chi connectivity index (χ0v) is 11.3. The van der Waals surface area contributed by atoms with E-state index in [1.54, 1.807) is 0 Å². The maximum atomic E-state index is 12.0. The van der Waals surface area contributed by atoms with Crippen molar-refractivity contribution in [1.29, 1.82) is 0 Å². The number of nitrogens with one attached hydrogen (secondary N) is 1. The molecule has 0 radical (unpaired) electrons. The highest BCUT2D eigenvalue weighted by atomic mass is 16.1. The van der Waals surface area contributed by atoms with Crippen LogP contribution in [0.3, 0.4) is 0 Å². The summed E-state index contributed by atoms with van der Waals surface area (Å²) in [6.07, 6.45) is 6.48. The van der Waals surface area contributed by atoms with Gasteiger partial charge in [0.15, 0.2) is 11.5 Å². The number of hydrogen-bond donors (Lipinski definition) is 2. The number of rotatable bonds is 5. The first-order valence-electron chi connectivity index (χ1n) is 6.81. The molecule has 19 heavy (non-hydrogen) atoms. The molecule has 0 spiro atoms. The SMILES string of the molecule is CCC(CNC(=O)c1nccnc1N)N1CCCC1. The van der Waals surface area contributed by atoms with Crippen LogP contribution in [0.2, 0.25) is 0 Å². The van der Waals surface area contributed by atoms with Gasteiger partial charge in [-0.3, -0.25) is 9.69 Å². The molecule has 1 aromatic rings. The van der Waals surface area contributed by atoms with E-state index in [9.17, 15) is 4.79 Å². The Morgan fingerprint density at radius 2 is 2.11 bits per heavy atom. The van der Waals surface area contributed by atoms with Gasteiger partial charge in [-0.15, -0.1) is 0 Å². The minimum atomic E-state index is -0.247. The van der Waals surface area contributed by atoms with Crippen LogP contribution in [0.15, 0.2) is 12.4 Å². The van der Waals surface area contributed by atoms with E-state index in [4.69, 9.17) is 5.73 Å². The van der Waals surface area contributed by atoms with Gasteiger partial charge in [-0.1, -0.05) is 6.92 Å². The van der Waals surface area contributed by atoms with E-state index < -0.39 is 0 Å². The Balaban J connectivity index is 1.90. The van der Waals surface area contributed by atoms with Crippen LogP contribution in [0.1, 0.15) is 36.7 Å². The zero-order chi connectivity index (χ0) is 13.7. The lowest BCUT2D eigenvalue weighted by molar-refractivity contribution is 0.0932. The largest absolute Gasteiger partial charge is 0.382 e. The lowest BCUT2D eigenvalue weighted by atomic mass is 10.2. The molecule has 0 aliphatic carbocycles. The van der Waals surface area contributed by atoms with Gasteiger partial charge in [0.25, 0.3) is 5.91 Å². The fourth-order valence-electron chi connectivity index (χ4n) is 2.46. The Hall–Kier alpha value is -1.69. The predicted molar refractivity (Wildman–Crippen MR) is 73.7 cm³/mol. The van der Waals surface area contributed by atoms with Gasteiger partial charge in [0.2, 0.25) is 0 Å². The third-order valence-electron chi connectivity index (χ3n) is 3.57. The monoisotopic (exact) mass is 263 g/mol. The van der Waals surface area contributed by atoms with E-state index in [1.165, 1.54) is 25.2 Å². The third-order valence-corrected chi connectivity index (χ3v) is 3.57. The first kappa shape index (κ1) is 13.7. The molecule has 1 aromatic heterocycles. The molecule has 0 bridgehead atoms. The molecule has 1 amide bonds. The molecule has 3 N–H and O–H groups in total. The van der Waals surface area contributed by atoms with Gasteiger partial charge in [0, 0.05) is 25.0 Å². The van der Waals surface area contributed by atoms with Gasteiger partial charge >= 0.3 is 0 Å². The number of carbonyl (C=O) groups is 1. The molecular weight excluding hydrogens is 242 g/mol. The summed E-state index contributed by atoms with van der Waals surface area (Å²) >= 11 is 0. The molecule has 6 nitrogen and oxygen atoms in total. The zero-order valence-electron chi connectivity index (χ0n) is 11.3. The van der Waals surface area contributed by atoms with Crippen molar-refractivity contribution in [3.63, 3.8) is 0 Å².